The summed E-state index contributed by atoms with van der Waals surface area (Å²) in [6.45, 7) is 9.50. The highest BCUT2D eigenvalue weighted by Gasteiger charge is 2.31. The van der Waals surface area contributed by atoms with Gasteiger partial charge < -0.3 is 15.1 Å². The first-order valence-electron chi connectivity index (χ1n) is 9.81. The van der Waals surface area contributed by atoms with Gasteiger partial charge >= 0.3 is 0 Å². The highest BCUT2D eigenvalue weighted by atomic mass is 16.2. The number of likely N-dealkylation sites (tertiary alicyclic amines) is 2. The van der Waals surface area contributed by atoms with Crippen LogP contribution in [0.2, 0.25) is 0 Å². The van der Waals surface area contributed by atoms with Gasteiger partial charge in [-0.05, 0) is 75.9 Å². The van der Waals surface area contributed by atoms with Crippen LogP contribution in [0.4, 0.5) is 5.69 Å². The number of hydrogen-bond acceptors (Lipinski definition) is 3. The van der Waals surface area contributed by atoms with Crippen LogP contribution in [0.15, 0.2) is 18.2 Å². The fourth-order valence-electron chi connectivity index (χ4n) is 4.14. The molecule has 5 heteroatoms. The van der Waals surface area contributed by atoms with Gasteiger partial charge in [-0.2, -0.15) is 0 Å². The largest absolute Gasteiger partial charge is 0.343 e. The predicted molar refractivity (Wildman–Crippen MR) is 104 cm³/mol. The van der Waals surface area contributed by atoms with Crippen LogP contribution < -0.4 is 5.32 Å². The molecule has 26 heavy (non-hydrogen) atoms. The molecule has 0 bridgehead atoms. The normalized spacial score (nSPS) is 20.2. The molecule has 1 aromatic rings. The van der Waals surface area contributed by atoms with Crippen LogP contribution in [-0.4, -0.2) is 53.8 Å². The number of rotatable bonds is 3. The molecule has 2 fully saturated rings. The second-order valence-corrected chi connectivity index (χ2v) is 7.84. The molecule has 0 atom stereocenters. The standard InChI is InChI=1S/C21H31N3O2/c1-15-4-5-19(14-16(15)2)22-21(26)18-6-10-24(11-7-18)20-8-12-23(13-9-20)17(3)25/h4-5,14,18,20H,6-13H2,1-3H3,(H,22,26). The van der Waals surface area contributed by atoms with Crippen molar-refractivity contribution in [3.05, 3.63) is 29.3 Å². The number of benzene rings is 1. The summed E-state index contributed by atoms with van der Waals surface area (Å²) in [6.07, 6.45) is 3.95. The maximum absolute atomic E-state index is 12.6. The minimum atomic E-state index is 0.102. The van der Waals surface area contributed by atoms with E-state index in [-0.39, 0.29) is 17.7 Å². The van der Waals surface area contributed by atoms with E-state index in [4.69, 9.17) is 0 Å². The molecular formula is C21H31N3O2. The highest BCUT2D eigenvalue weighted by molar-refractivity contribution is 5.92. The van der Waals surface area contributed by atoms with E-state index in [1.807, 2.05) is 17.0 Å². The van der Waals surface area contributed by atoms with Crippen LogP contribution in [0, 0.1) is 19.8 Å². The van der Waals surface area contributed by atoms with Gasteiger partial charge in [-0.3, -0.25) is 9.59 Å². The van der Waals surface area contributed by atoms with Crippen LogP contribution in [0.1, 0.15) is 43.7 Å². The number of carbonyl (C=O) groups excluding carboxylic acids is 2. The lowest BCUT2D eigenvalue weighted by molar-refractivity contribution is -0.130. The third-order valence-corrected chi connectivity index (χ3v) is 6.10. The second kappa shape index (κ2) is 8.21. The van der Waals surface area contributed by atoms with Crippen molar-refractivity contribution in [3.63, 3.8) is 0 Å². The molecule has 2 heterocycles. The van der Waals surface area contributed by atoms with Crippen molar-refractivity contribution in [2.75, 3.05) is 31.5 Å². The molecule has 0 radical (unpaired) electrons. The quantitative estimate of drug-likeness (QED) is 0.905. The first-order valence-corrected chi connectivity index (χ1v) is 9.81. The second-order valence-electron chi connectivity index (χ2n) is 7.84. The molecule has 0 unspecified atom stereocenters. The van der Waals surface area contributed by atoms with Crippen LogP contribution in [-0.2, 0) is 9.59 Å². The Kier molecular flexibility index (Phi) is 5.97. The zero-order valence-electron chi connectivity index (χ0n) is 16.3. The van der Waals surface area contributed by atoms with Gasteiger partial charge in [0.1, 0.15) is 0 Å². The van der Waals surface area contributed by atoms with E-state index in [0.717, 1.165) is 57.5 Å². The number of hydrogen-bond donors (Lipinski definition) is 1. The number of anilines is 1. The molecule has 142 valence electrons. The van der Waals surface area contributed by atoms with Gasteiger partial charge in [0.2, 0.25) is 11.8 Å². The third kappa shape index (κ3) is 4.44. The summed E-state index contributed by atoms with van der Waals surface area (Å²) in [5, 5.41) is 3.09. The summed E-state index contributed by atoms with van der Waals surface area (Å²) in [4.78, 5) is 28.5. The van der Waals surface area contributed by atoms with Gasteiger partial charge in [-0.25, -0.2) is 0 Å². The Balaban J connectivity index is 1.46. The number of aryl methyl sites for hydroxylation is 2. The van der Waals surface area contributed by atoms with Gasteiger partial charge in [0.05, 0.1) is 0 Å². The van der Waals surface area contributed by atoms with E-state index in [0.29, 0.717) is 6.04 Å². The SMILES string of the molecule is CC(=O)N1CCC(N2CCC(C(=O)Nc3ccc(C)c(C)c3)CC2)CC1. The van der Waals surface area contributed by atoms with Crippen molar-refractivity contribution in [1.29, 1.82) is 0 Å². The maximum atomic E-state index is 12.6. The van der Waals surface area contributed by atoms with Crippen LogP contribution in [0.3, 0.4) is 0 Å². The van der Waals surface area contributed by atoms with E-state index >= 15 is 0 Å². The van der Waals surface area contributed by atoms with Gasteiger partial charge in [0.15, 0.2) is 0 Å². The first kappa shape index (κ1) is 18.9. The molecule has 1 aromatic carbocycles. The average molecular weight is 357 g/mol. The van der Waals surface area contributed by atoms with Crippen LogP contribution in [0.5, 0.6) is 0 Å². The summed E-state index contributed by atoms with van der Waals surface area (Å²) in [6, 6.07) is 6.65. The summed E-state index contributed by atoms with van der Waals surface area (Å²) >= 11 is 0. The predicted octanol–water partition coefficient (Wildman–Crippen LogP) is 2.96. The number of nitrogens with one attached hydrogen (secondary N) is 1. The smallest absolute Gasteiger partial charge is 0.227 e. The Hall–Kier alpha value is -1.88. The Morgan fingerprint density at radius 1 is 0.962 bits per heavy atom. The lowest BCUT2D eigenvalue weighted by atomic mass is 9.92. The molecule has 2 saturated heterocycles. The fraction of sp³-hybridized carbons (Fsp3) is 0.619. The van der Waals surface area contributed by atoms with E-state index in [9.17, 15) is 9.59 Å². The molecule has 3 rings (SSSR count). The average Bonchev–Trinajstić information content (AvgIpc) is 2.65. The molecule has 2 aliphatic heterocycles. The first-order chi connectivity index (χ1) is 12.4. The zero-order chi connectivity index (χ0) is 18.7. The summed E-state index contributed by atoms with van der Waals surface area (Å²) < 4.78 is 0. The van der Waals surface area contributed by atoms with Crippen LogP contribution >= 0.6 is 0 Å². The van der Waals surface area contributed by atoms with Crippen molar-refractivity contribution >= 4 is 17.5 Å². The molecule has 2 aliphatic rings. The van der Waals surface area contributed by atoms with Crippen molar-refractivity contribution < 1.29 is 9.59 Å². The van der Waals surface area contributed by atoms with Gasteiger partial charge in [0, 0.05) is 37.7 Å². The molecule has 2 amide bonds. The number of piperidine rings is 2. The summed E-state index contributed by atoms with van der Waals surface area (Å²) in [5.41, 5.74) is 3.35. The zero-order valence-corrected chi connectivity index (χ0v) is 16.3. The number of carbonyl (C=O) groups is 2. The Morgan fingerprint density at radius 3 is 2.19 bits per heavy atom. The molecule has 5 nitrogen and oxygen atoms in total. The topological polar surface area (TPSA) is 52.7 Å². The van der Waals surface area contributed by atoms with Gasteiger partial charge in [-0.1, -0.05) is 6.07 Å². The van der Waals surface area contributed by atoms with Gasteiger partial charge in [-0.15, -0.1) is 0 Å². The molecule has 0 spiro atoms. The van der Waals surface area contributed by atoms with E-state index in [1.54, 1.807) is 6.92 Å². The molecule has 0 saturated carbocycles. The molecule has 1 N–H and O–H groups in total. The Labute approximate surface area is 156 Å². The molecule has 0 aliphatic carbocycles. The van der Waals surface area contributed by atoms with Gasteiger partial charge in [0.25, 0.3) is 0 Å². The Bertz CT molecular complexity index is 657. The third-order valence-electron chi connectivity index (χ3n) is 6.10. The minimum Gasteiger partial charge on any atom is -0.343 e. The van der Waals surface area contributed by atoms with Crippen molar-refractivity contribution in [2.45, 2.75) is 52.5 Å². The minimum absolute atomic E-state index is 0.102. The van der Waals surface area contributed by atoms with Crippen molar-refractivity contribution in [1.82, 2.24) is 9.80 Å². The number of amides is 2. The number of nitrogens with zero attached hydrogens (tertiary/aromatic N) is 2. The van der Waals surface area contributed by atoms with E-state index in [1.165, 1.54) is 11.1 Å². The van der Waals surface area contributed by atoms with E-state index in [2.05, 4.69) is 30.1 Å². The lowest BCUT2D eigenvalue weighted by Crippen LogP contribution is -2.49. The monoisotopic (exact) mass is 357 g/mol. The molecular weight excluding hydrogens is 326 g/mol. The summed E-state index contributed by atoms with van der Waals surface area (Å²) in [5.74, 6) is 0.439. The van der Waals surface area contributed by atoms with Crippen LogP contribution in [0.25, 0.3) is 0 Å². The Morgan fingerprint density at radius 2 is 1.62 bits per heavy atom. The van der Waals surface area contributed by atoms with Crippen molar-refractivity contribution in [2.24, 2.45) is 5.92 Å². The van der Waals surface area contributed by atoms with E-state index < -0.39 is 0 Å². The molecule has 0 aromatic heterocycles. The van der Waals surface area contributed by atoms with Crippen molar-refractivity contribution in [3.8, 4) is 0 Å². The summed E-state index contributed by atoms with van der Waals surface area (Å²) in [7, 11) is 0. The lowest BCUT2D eigenvalue weighted by Gasteiger charge is -2.41. The highest BCUT2D eigenvalue weighted by Crippen LogP contribution is 2.25. The fourth-order valence-corrected chi connectivity index (χ4v) is 4.14. The maximum Gasteiger partial charge on any atom is 0.227 e.